The SMILES string of the molecule is CCc1ccnc(C(=O)N2C[C@@H](OC)C[C@H]2C(N)=O)c1. The first-order valence-electron chi connectivity index (χ1n) is 6.64. The topological polar surface area (TPSA) is 85.5 Å². The number of nitrogens with two attached hydrogens (primary N) is 1. The van der Waals surface area contributed by atoms with Crippen LogP contribution >= 0.6 is 0 Å². The zero-order valence-electron chi connectivity index (χ0n) is 11.7. The third kappa shape index (κ3) is 2.80. The molecule has 0 bridgehead atoms. The van der Waals surface area contributed by atoms with Gasteiger partial charge in [0, 0.05) is 26.3 Å². The van der Waals surface area contributed by atoms with Crippen LogP contribution in [0.1, 0.15) is 29.4 Å². The summed E-state index contributed by atoms with van der Waals surface area (Å²) in [6, 6.07) is 2.99. The summed E-state index contributed by atoms with van der Waals surface area (Å²) >= 11 is 0. The van der Waals surface area contributed by atoms with E-state index in [4.69, 9.17) is 10.5 Å². The van der Waals surface area contributed by atoms with Crippen molar-refractivity contribution in [2.24, 2.45) is 5.73 Å². The number of rotatable bonds is 4. The van der Waals surface area contributed by atoms with Crippen molar-refractivity contribution < 1.29 is 14.3 Å². The lowest BCUT2D eigenvalue weighted by Crippen LogP contribution is -2.44. The Balaban J connectivity index is 2.24. The van der Waals surface area contributed by atoms with E-state index in [1.807, 2.05) is 13.0 Å². The van der Waals surface area contributed by atoms with Gasteiger partial charge in [-0.25, -0.2) is 0 Å². The Hall–Kier alpha value is -1.95. The third-order valence-electron chi connectivity index (χ3n) is 3.64. The molecule has 1 saturated heterocycles. The van der Waals surface area contributed by atoms with E-state index in [0.29, 0.717) is 18.7 Å². The van der Waals surface area contributed by atoms with Gasteiger partial charge < -0.3 is 15.4 Å². The maximum atomic E-state index is 12.5. The van der Waals surface area contributed by atoms with E-state index in [2.05, 4.69) is 4.98 Å². The van der Waals surface area contributed by atoms with Gasteiger partial charge in [-0.2, -0.15) is 0 Å². The number of amides is 2. The number of carbonyl (C=O) groups excluding carboxylic acids is 2. The second-order valence-electron chi connectivity index (χ2n) is 4.87. The molecule has 2 rings (SSSR count). The molecule has 1 aliphatic rings. The fourth-order valence-electron chi connectivity index (χ4n) is 2.42. The molecule has 0 aromatic carbocycles. The Morgan fingerprint density at radius 2 is 2.30 bits per heavy atom. The van der Waals surface area contributed by atoms with E-state index in [0.717, 1.165) is 12.0 Å². The van der Waals surface area contributed by atoms with Crippen LogP contribution in [-0.2, 0) is 16.0 Å². The molecule has 1 aliphatic heterocycles. The van der Waals surface area contributed by atoms with E-state index in [1.165, 1.54) is 4.90 Å². The summed E-state index contributed by atoms with van der Waals surface area (Å²) in [5.74, 6) is -0.784. The molecule has 0 radical (unpaired) electrons. The van der Waals surface area contributed by atoms with Crippen molar-refractivity contribution >= 4 is 11.8 Å². The summed E-state index contributed by atoms with van der Waals surface area (Å²) < 4.78 is 5.23. The van der Waals surface area contributed by atoms with Gasteiger partial charge in [0.15, 0.2) is 0 Å². The first kappa shape index (κ1) is 14.5. The predicted octanol–water partition coefficient (Wildman–Crippen LogP) is 0.359. The maximum Gasteiger partial charge on any atom is 0.273 e. The number of methoxy groups -OCH3 is 1. The molecular formula is C14H19N3O3. The highest BCUT2D eigenvalue weighted by Crippen LogP contribution is 2.22. The fourth-order valence-corrected chi connectivity index (χ4v) is 2.42. The first-order chi connectivity index (χ1) is 9.56. The van der Waals surface area contributed by atoms with Crippen molar-refractivity contribution in [1.82, 2.24) is 9.88 Å². The smallest absolute Gasteiger partial charge is 0.273 e. The molecule has 0 spiro atoms. The summed E-state index contributed by atoms with van der Waals surface area (Å²) in [7, 11) is 1.56. The van der Waals surface area contributed by atoms with E-state index in [-0.39, 0.29) is 12.0 Å². The Morgan fingerprint density at radius 1 is 1.55 bits per heavy atom. The molecule has 2 amide bonds. The van der Waals surface area contributed by atoms with E-state index < -0.39 is 11.9 Å². The molecule has 2 N–H and O–H groups in total. The lowest BCUT2D eigenvalue weighted by molar-refractivity contribution is -0.121. The molecule has 6 nitrogen and oxygen atoms in total. The van der Waals surface area contributed by atoms with Crippen LogP contribution < -0.4 is 5.73 Å². The van der Waals surface area contributed by atoms with E-state index in [1.54, 1.807) is 19.4 Å². The molecule has 2 atom stereocenters. The van der Waals surface area contributed by atoms with Gasteiger partial charge in [0.2, 0.25) is 5.91 Å². The average molecular weight is 277 g/mol. The minimum absolute atomic E-state index is 0.161. The van der Waals surface area contributed by atoms with Crippen LogP contribution in [0, 0.1) is 0 Å². The first-order valence-corrected chi connectivity index (χ1v) is 6.64. The number of pyridine rings is 1. The number of ether oxygens (including phenoxy) is 1. The van der Waals surface area contributed by atoms with Crippen LogP contribution in [0.5, 0.6) is 0 Å². The lowest BCUT2D eigenvalue weighted by Gasteiger charge is -2.21. The predicted molar refractivity (Wildman–Crippen MR) is 73.0 cm³/mol. The largest absolute Gasteiger partial charge is 0.380 e. The van der Waals surface area contributed by atoms with Crippen molar-refractivity contribution in [3.05, 3.63) is 29.6 Å². The number of hydrogen-bond donors (Lipinski definition) is 1. The summed E-state index contributed by atoms with van der Waals surface area (Å²) in [5.41, 5.74) is 6.74. The Labute approximate surface area is 117 Å². The number of likely N-dealkylation sites (tertiary alicyclic amines) is 1. The molecule has 1 aromatic heterocycles. The molecule has 0 aliphatic carbocycles. The van der Waals surface area contributed by atoms with Gasteiger partial charge in [-0.05, 0) is 24.1 Å². The molecule has 6 heteroatoms. The van der Waals surface area contributed by atoms with Crippen molar-refractivity contribution in [2.45, 2.75) is 31.9 Å². The molecule has 2 heterocycles. The summed E-state index contributed by atoms with van der Waals surface area (Å²) in [6.45, 7) is 2.37. The second kappa shape index (κ2) is 6.00. The van der Waals surface area contributed by atoms with E-state index >= 15 is 0 Å². The van der Waals surface area contributed by atoms with Crippen molar-refractivity contribution in [3.63, 3.8) is 0 Å². The van der Waals surface area contributed by atoms with Gasteiger partial charge >= 0.3 is 0 Å². The van der Waals surface area contributed by atoms with Crippen molar-refractivity contribution in [3.8, 4) is 0 Å². The number of primary amides is 1. The monoisotopic (exact) mass is 277 g/mol. The number of carbonyl (C=O) groups is 2. The van der Waals surface area contributed by atoms with Crippen molar-refractivity contribution in [1.29, 1.82) is 0 Å². The maximum absolute atomic E-state index is 12.5. The van der Waals surface area contributed by atoms with Crippen LogP contribution in [0.15, 0.2) is 18.3 Å². The van der Waals surface area contributed by atoms with Gasteiger partial charge in [-0.15, -0.1) is 0 Å². The highest BCUT2D eigenvalue weighted by Gasteiger charge is 2.39. The fraction of sp³-hybridized carbons (Fsp3) is 0.500. The normalized spacial score (nSPS) is 22.0. The zero-order chi connectivity index (χ0) is 14.7. The minimum atomic E-state index is -0.625. The number of aryl methyl sites for hydroxylation is 1. The minimum Gasteiger partial charge on any atom is -0.380 e. The Kier molecular flexibility index (Phi) is 4.34. The van der Waals surface area contributed by atoms with Crippen LogP contribution in [0.25, 0.3) is 0 Å². The molecule has 1 fully saturated rings. The van der Waals surface area contributed by atoms with Crippen LogP contribution in [-0.4, -0.2) is 47.5 Å². The Bertz CT molecular complexity index is 518. The molecule has 108 valence electrons. The molecule has 0 saturated carbocycles. The summed E-state index contributed by atoms with van der Waals surface area (Å²) in [6.07, 6.45) is 2.70. The van der Waals surface area contributed by atoms with Crippen LogP contribution in [0.2, 0.25) is 0 Å². The Morgan fingerprint density at radius 3 is 2.90 bits per heavy atom. The van der Waals surface area contributed by atoms with Gasteiger partial charge in [-0.1, -0.05) is 6.92 Å². The summed E-state index contributed by atoms with van der Waals surface area (Å²) in [4.78, 5) is 29.5. The average Bonchev–Trinajstić information content (AvgIpc) is 2.91. The van der Waals surface area contributed by atoms with Gasteiger partial charge in [0.25, 0.3) is 5.91 Å². The van der Waals surface area contributed by atoms with Crippen LogP contribution in [0.3, 0.4) is 0 Å². The quantitative estimate of drug-likeness (QED) is 0.861. The molecule has 20 heavy (non-hydrogen) atoms. The number of hydrogen-bond acceptors (Lipinski definition) is 4. The van der Waals surface area contributed by atoms with Gasteiger partial charge in [0.1, 0.15) is 11.7 Å². The molecular weight excluding hydrogens is 258 g/mol. The zero-order valence-corrected chi connectivity index (χ0v) is 11.7. The summed E-state index contributed by atoms with van der Waals surface area (Å²) in [5, 5.41) is 0. The molecule has 1 aromatic rings. The van der Waals surface area contributed by atoms with Gasteiger partial charge in [-0.3, -0.25) is 14.6 Å². The number of nitrogens with zero attached hydrogens (tertiary/aromatic N) is 2. The molecule has 0 unspecified atom stereocenters. The van der Waals surface area contributed by atoms with E-state index in [9.17, 15) is 9.59 Å². The lowest BCUT2D eigenvalue weighted by atomic mass is 10.1. The standard InChI is InChI=1S/C14H19N3O3/c1-3-9-4-5-16-11(6-9)14(19)17-8-10(20-2)7-12(17)13(15)18/h4-6,10,12H,3,7-8H2,1-2H3,(H2,15,18)/t10-,12-/m0/s1. The second-order valence-corrected chi connectivity index (χ2v) is 4.87. The number of aromatic nitrogens is 1. The van der Waals surface area contributed by atoms with Crippen molar-refractivity contribution in [2.75, 3.05) is 13.7 Å². The third-order valence-corrected chi connectivity index (χ3v) is 3.64. The van der Waals surface area contributed by atoms with Crippen LogP contribution in [0.4, 0.5) is 0 Å². The highest BCUT2D eigenvalue weighted by molar-refractivity contribution is 5.96. The highest BCUT2D eigenvalue weighted by atomic mass is 16.5. The van der Waals surface area contributed by atoms with Gasteiger partial charge in [0.05, 0.1) is 6.10 Å².